The number of carbonyl (C=O) groups excluding carboxylic acids is 1. The monoisotopic (exact) mass is 371 g/mol. The van der Waals surface area contributed by atoms with Gasteiger partial charge in [0.2, 0.25) is 0 Å². The molecular formula is C20H25N3O4. The Labute approximate surface area is 158 Å². The van der Waals surface area contributed by atoms with Gasteiger partial charge in [-0.15, -0.1) is 0 Å². The number of rotatable bonds is 5. The van der Waals surface area contributed by atoms with Crippen molar-refractivity contribution in [2.45, 2.75) is 26.7 Å². The molecule has 0 radical (unpaired) electrons. The summed E-state index contributed by atoms with van der Waals surface area (Å²) in [5.74, 6) is -1.11. The van der Waals surface area contributed by atoms with Gasteiger partial charge in [-0.2, -0.15) is 5.10 Å². The highest BCUT2D eigenvalue weighted by Gasteiger charge is 2.44. The van der Waals surface area contributed by atoms with Gasteiger partial charge in [-0.1, -0.05) is 18.2 Å². The number of carbonyl (C=O) groups is 2. The highest BCUT2D eigenvalue weighted by Crippen LogP contribution is 2.32. The molecule has 0 spiro atoms. The summed E-state index contributed by atoms with van der Waals surface area (Å²) in [4.78, 5) is 26.5. The van der Waals surface area contributed by atoms with Crippen LogP contribution in [-0.4, -0.2) is 58.5 Å². The fourth-order valence-corrected chi connectivity index (χ4v) is 3.77. The van der Waals surface area contributed by atoms with E-state index in [1.165, 1.54) is 7.11 Å². The Morgan fingerprint density at radius 1 is 1.30 bits per heavy atom. The van der Waals surface area contributed by atoms with Crippen LogP contribution in [0.2, 0.25) is 0 Å². The Morgan fingerprint density at radius 3 is 2.70 bits per heavy atom. The number of methoxy groups -OCH3 is 1. The van der Waals surface area contributed by atoms with E-state index in [0.29, 0.717) is 24.9 Å². The molecule has 1 aliphatic heterocycles. The first kappa shape index (κ1) is 19.1. The predicted molar refractivity (Wildman–Crippen MR) is 100 cm³/mol. The predicted octanol–water partition coefficient (Wildman–Crippen LogP) is 2.44. The molecule has 144 valence electrons. The third-order valence-corrected chi connectivity index (χ3v) is 5.32. The van der Waals surface area contributed by atoms with Crippen molar-refractivity contribution in [3.8, 4) is 5.69 Å². The van der Waals surface area contributed by atoms with Gasteiger partial charge >= 0.3 is 5.97 Å². The van der Waals surface area contributed by atoms with Crippen LogP contribution < -0.4 is 0 Å². The molecule has 1 aromatic carbocycles. The number of ether oxygens (including phenoxy) is 1. The van der Waals surface area contributed by atoms with Gasteiger partial charge in [0.25, 0.3) is 5.91 Å². The molecule has 7 heteroatoms. The van der Waals surface area contributed by atoms with E-state index < -0.39 is 11.4 Å². The molecule has 2 aromatic rings. The molecule has 1 fully saturated rings. The molecule has 3 rings (SSSR count). The second kappa shape index (κ2) is 7.52. The zero-order valence-electron chi connectivity index (χ0n) is 15.9. The summed E-state index contributed by atoms with van der Waals surface area (Å²) < 4.78 is 6.90. The topological polar surface area (TPSA) is 84.7 Å². The number of para-hydroxylation sites is 1. The minimum absolute atomic E-state index is 0.0908. The van der Waals surface area contributed by atoms with E-state index in [0.717, 1.165) is 16.9 Å². The van der Waals surface area contributed by atoms with Crippen LogP contribution in [0.4, 0.5) is 0 Å². The van der Waals surface area contributed by atoms with Crippen LogP contribution in [0.25, 0.3) is 5.69 Å². The number of hydrogen-bond acceptors (Lipinski definition) is 4. The smallest absolute Gasteiger partial charge is 0.313 e. The average Bonchev–Trinajstić information content (AvgIpc) is 3.03. The maximum atomic E-state index is 13.1. The van der Waals surface area contributed by atoms with Gasteiger partial charge < -0.3 is 14.7 Å². The maximum Gasteiger partial charge on any atom is 0.313 e. The lowest BCUT2D eigenvalue weighted by atomic mass is 9.80. The minimum Gasteiger partial charge on any atom is -0.481 e. The number of piperidine rings is 1. The van der Waals surface area contributed by atoms with Crippen LogP contribution in [0.3, 0.4) is 0 Å². The van der Waals surface area contributed by atoms with E-state index in [-0.39, 0.29) is 19.1 Å². The van der Waals surface area contributed by atoms with Crippen molar-refractivity contribution in [1.29, 1.82) is 0 Å². The number of aliphatic carboxylic acids is 1. The first-order chi connectivity index (χ1) is 12.9. The van der Waals surface area contributed by atoms with Crippen LogP contribution in [0, 0.1) is 19.3 Å². The van der Waals surface area contributed by atoms with Crippen molar-refractivity contribution < 1.29 is 19.4 Å². The third kappa shape index (κ3) is 3.47. The molecule has 7 nitrogen and oxygen atoms in total. The van der Waals surface area contributed by atoms with Crippen LogP contribution in [0.1, 0.15) is 34.5 Å². The number of amides is 1. The Kier molecular flexibility index (Phi) is 5.32. The molecule has 1 aromatic heterocycles. The van der Waals surface area contributed by atoms with Gasteiger partial charge in [0.05, 0.1) is 29.7 Å². The summed E-state index contributed by atoms with van der Waals surface area (Å²) in [7, 11) is 1.49. The number of carboxylic acid groups (broad SMARTS) is 1. The lowest BCUT2D eigenvalue weighted by Gasteiger charge is -2.39. The average molecular weight is 371 g/mol. The fourth-order valence-electron chi connectivity index (χ4n) is 3.77. The van der Waals surface area contributed by atoms with Crippen LogP contribution >= 0.6 is 0 Å². The normalized spacial score (nSPS) is 19.9. The molecule has 1 saturated heterocycles. The lowest BCUT2D eigenvalue weighted by molar-refractivity contribution is -0.155. The molecule has 0 aliphatic carbocycles. The van der Waals surface area contributed by atoms with Crippen molar-refractivity contribution in [3.63, 3.8) is 0 Å². The molecule has 27 heavy (non-hydrogen) atoms. The van der Waals surface area contributed by atoms with Gasteiger partial charge in [-0.3, -0.25) is 9.59 Å². The highest BCUT2D eigenvalue weighted by atomic mass is 16.5. The molecule has 1 amide bonds. The number of likely N-dealkylation sites (tertiary alicyclic amines) is 1. The van der Waals surface area contributed by atoms with Crippen molar-refractivity contribution in [3.05, 3.63) is 47.3 Å². The molecule has 1 unspecified atom stereocenters. The number of aryl methyl sites for hydroxylation is 1. The van der Waals surface area contributed by atoms with Gasteiger partial charge in [-0.25, -0.2) is 4.68 Å². The number of nitrogens with zero attached hydrogens (tertiary/aromatic N) is 3. The van der Waals surface area contributed by atoms with E-state index in [4.69, 9.17) is 4.74 Å². The van der Waals surface area contributed by atoms with Gasteiger partial charge in [0.1, 0.15) is 5.41 Å². The van der Waals surface area contributed by atoms with Crippen LogP contribution in [0.15, 0.2) is 30.5 Å². The summed E-state index contributed by atoms with van der Waals surface area (Å²) in [5, 5.41) is 14.1. The van der Waals surface area contributed by atoms with Crippen molar-refractivity contribution in [2.75, 3.05) is 26.8 Å². The molecule has 2 heterocycles. The summed E-state index contributed by atoms with van der Waals surface area (Å²) in [6.07, 6.45) is 2.70. The number of hydrogen-bond donors (Lipinski definition) is 1. The van der Waals surface area contributed by atoms with Crippen molar-refractivity contribution in [1.82, 2.24) is 14.7 Å². The molecule has 0 bridgehead atoms. The second-order valence-electron chi connectivity index (χ2n) is 7.19. The van der Waals surface area contributed by atoms with Crippen LogP contribution in [-0.2, 0) is 9.53 Å². The molecule has 1 atom stereocenters. The van der Waals surface area contributed by atoms with Gasteiger partial charge in [0, 0.05) is 20.2 Å². The number of benzene rings is 1. The van der Waals surface area contributed by atoms with Gasteiger partial charge in [0.15, 0.2) is 0 Å². The Bertz CT molecular complexity index is 857. The first-order valence-electron chi connectivity index (χ1n) is 9.02. The molecule has 0 saturated carbocycles. The SMILES string of the molecule is COCC1(C(=O)O)CCCN(C(=O)c2cnn(-c3ccccc3C)c2C)C1. The molecule has 1 aliphatic rings. The third-order valence-electron chi connectivity index (χ3n) is 5.32. The zero-order valence-corrected chi connectivity index (χ0v) is 15.9. The molecular weight excluding hydrogens is 346 g/mol. The summed E-state index contributed by atoms with van der Waals surface area (Å²) in [6.45, 7) is 4.62. The number of aromatic nitrogens is 2. The Balaban J connectivity index is 1.88. The standard InChI is InChI=1S/C20H25N3O4/c1-14-7-4-5-8-17(14)23-15(2)16(11-21-23)18(24)22-10-6-9-20(12-22,13-27-3)19(25)26/h4-5,7-8,11H,6,9-10,12-13H2,1-3H3,(H,25,26). The first-order valence-corrected chi connectivity index (χ1v) is 9.02. The molecule has 1 N–H and O–H groups in total. The van der Waals surface area contributed by atoms with E-state index >= 15 is 0 Å². The van der Waals surface area contributed by atoms with Crippen molar-refractivity contribution in [2.24, 2.45) is 5.41 Å². The fraction of sp³-hybridized carbons (Fsp3) is 0.450. The maximum absolute atomic E-state index is 13.1. The van der Waals surface area contributed by atoms with Crippen LogP contribution in [0.5, 0.6) is 0 Å². The number of carboxylic acids is 1. The van der Waals surface area contributed by atoms with Gasteiger partial charge in [-0.05, 0) is 38.3 Å². The quantitative estimate of drug-likeness (QED) is 0.873. The summed E-state index contributed by atoms with van der Waals surface area (Å²) in [5.41, 5.74) is 2.17. The Hall–Kier alpha value is -2.67. The zero-order chi connectivity index (χ0) is 19.6. The van der Waals surface area contributed by atoms with E-state index in [1.54, 1.807) is 15.8 Å². The largest absolute Gasteiger partial charge is 0.481 e. The Morgan fingerprint density at radius 2 is 2.04 bits per heavy atom. The van der Waals surface area contributed by atoms with E-state index in [1.807, 2.05) is 38.1 Å². The highest BCUT2D eigenvalue weighted by molar-refractivity contribution is 5.95. The van der Waals surface area contributed by atoms with E-state index in [2.05, 4.69) is 5.10 Å². The minimum atomic E-state index is -1.05. The van der Waals surface area contributed by atoms with Crippen molar-refractivity contribution >= 4 is 11.9 Å². The van der Waals surface area contributed by atoms with E-state index in [9.17, 15) is 14.7 Å². The lowest BCUT2D eigenvalue weighted by Crippen LogP contribution is -2.52. The second-order valence-corrected chi connectivity index (χ2v) is 7.19. The summed E-state index contributed by atoms with van der Waals surface area (Å²) >= 11 is 0. The summed E-state index contributed by atoms with van der Waals surface area (Å²) in [6, 6.07) is 7.84.